The van der Waals surface area contributed by atoms with E-state index < -0.39 is 6.10 Å². The number of carbonyl (C=O) groups is 1. The lowest BCUT2D eigenvalue weighted by Crippen LogP contribution is -2.11. The molecule has 3 heteroatoms. The predicted molar refractivity (Wildman–Crippen MR) is 30.7 cm³/mol. The Morgan fingerprint density at radius 1 is 1.89 bits per heavy atom. The van der Waals surface area contributed by atoms with Crippen molar-refractivity contribution in [2.75, 3.05) is 6.61 Å². The maximum atomic E-state index is 10.5. The molecule has 50 valence electrons. The van der Waals surface area contributed by atoms with E-state index in [4.69, 9.17) is 5.11 Å². The lowest BCUT2D eigenvalue weighted by Gasteiger charge is -2.00. The summed E-state index contributed by atoms with van der Waals surface area (Å²) < 4.78 is 4.64. The first kappa shape index (κ1) is 6.29. The minimum Gasteiger partial charge on any atom is -0.452 e. The summed E-state index contributed by atoms with van der Waals surface area (Å²) in [6, 6.07) is 0. The largest absolute Gasteiger partial charge is 0.452 e. The van der Waals surface area contributed by atoms with Crippen molar-refractivity contribution in [3.8, 4) is 0 Å². The van der Waals surface area contributed by atoms with E-state index in [0.717, 1.165) is 0 Å². The molecule has 1 aliphatic rings. The molecular weight excluding hydrogens is 120 g/mol. The van der Waals surface area contributed by atoms with Gasteiger partial charge in [0.2, 0.25) is 0 Å². The minimum atomic E-state index is -0.405. The lowest BCUT2D eigenvalue weighted by atomic mass is 10.3. The molecule has 1 aliphatic heterocycles. The molecule has 1 unspecified atom stereocenters. The van der Waals surface area contributed by atoms with E-state index >= 15 is 0 Å². The number of esters is 1. The van der Waals surface area contributed by atoms with Gasteiger partial charge in [0.05, 0.1) is 6.61 Å². The Hall–Kier alpha value is -0.830. The van der Waals surface area contributed by atoms with E-state index in [1.807, 2.05) is 0 Å². The van der Waals surface area contributed by atoms with Crippen LogP contribution in [0.1, 0.15) is 6.92 Å². The number of carbonyl (C=O) groups excluding carboxylic acids is 1. The van der Waals surface area contributed by atoms with Gasteiger partial charge >= 0.3 is 5.97 Å². The molecule has 0 fully saturated rings. The molecule has 9 heavy (non-hydrogen) atoms. The number of aliphatic hydroxyl groups excluding tert-OH is 1. The van der Waals surface area contributed by atoms with Crippen molar-refractivity contribution >= 4 is 5.97 Å². The van der Waals surface area contributed by atoms with Gasteiger partial charge in [-0.15, -0.1) is 0 Å². The molecule has 0 bridgehead atoms. The number of hydrogen-bond donors (Lipinski definition) is 1. The molecule has 0 saturated carbocycles. The quantitative estimate of drug-likeness (QED) is 0.499. The van der Waals surface area contributed by atoms with E-state index in [0.29, 0.717) is 5.57 Å². The smallest absolute Gasteiger partial charge is 0.334 e. The van der Waals surface area contributed by atoms with E-state index in [9.17, 15) is 4.79 Å². The van der Waals surface area contributed by atoms with Crippen molar-refractivity contribution < 1.29 is 14.6 Å². The maximum absolute atomic E-state index is 10.5. The summed E-state index contributed by atoms with van der Waals surface area (Å²) >= 11 is 0. The molecule has 1 heterocycles. The molecule has 3 nitrogen and oxygen atoms in total. The zero-order valence-electron chi connectivity index (χ0n) is 5.13. The second-order valence-corrected chi connectivity index (χ2v) is 1.98. The van der Waals surface area contributed by atoms with Gasteiger partial charge in [0.25, 0.3) is 0 Å². The summed E-state index contributed by atoms with van der Waals surface area (Å²) in [5.74, 6) is -0.325. The first-order valence-electron chi connectivity index (χ1n) is 2.74. The van der Waals surface area contributed by atoms with Crippen LogP contribution in [0, 0.1) is 0 Å². The highest BCUT2D eigenvalue weighted by Gasteiger charge is 2.20. The fraction of sp³-hybridized carbons (Fsp3) is 0.500. The van der Waals surface area contributed by atoms with Crippen LogP contribution in [-0.2, 0) is 9.53 Å². The number of aliphatic hydroxyl groups is 1. The SMILES string of the molecule is CC1=CC(CO)OC1=O. The molecular formula is C6H8O3. The van der Waals surface area contributed by atoms with Gasteiger partial charge in [-0.1, -0.05) is 0 Å². The summed E-state index contributed by atoms with van der Waals surface area (Å²) in [7, 11) is 0. The molecule has 0 radical (unpaired) electrons. The number of rotatable bonds is 1. The zero-order valence-corrected chi connectivity index (χ0v) is 5.13. The maximum Gasteiger partial charge on any atom is 0.334 e. The molecule has 0 aromatic carbocycles. The Morgan fingerprint density at radius 3 is 2.78 bits per heavy atom. The van der Waals surface area contributed by atoms with Crippen LogP contribution in [0.25, 0.3) is 0 Å². The lowest BCUT2D eigenvalue weighted by molar-refractivity contribution is -0.140. The molecule has 0 amide bonds. The highest BCUT2D eigenvalue weighted by Crippen LogP contribution is 2.11. The van der Waals surface area contributed by atoms with Crippen molar-refractivity contribution in [1.82, 2.24) is 0 Å². The third-order valence-corrected chi connectivity index (χ3v) is 1.20. The van der Waals surface area contributed by atoms with Crippen molar-refractivity contribution in [1.29, 1.82) is 0 Å². The van der Waals surface area contributed by atoms with E-state index in [1.165, 1.54) is 0 Å². The van der Waals surface area contributed by atoms with Crippen LogP contribution in [0.15, 0.2) is 11.6 Å². The summed E-state index contributed by atoms with van der Waals surface area (Å²) in [6.45, 7) is 1.54. The second-order valence-electron chi connectivity index (χ2n) is 1.98. The Bertz CT molecular complexity index is 160. The number of hydrogen-bond acceptors (Lipinski definition) is 3. The average molecular weight is 128 g/mol. The van der Waals surface area contributed by atoms with Crippen molar-refractivity contribution in [2.24, 2.45) is 0 Å². The molecule has 0 spiro atoms. The van der Waals surface area contributed by atoms with Crippen LogP contribution in [0.3, 0.4) is 0 Å². The van der Waals surface area contributed by atoms with Crippen molar-refractivity contribution in [3.63, 3.8) is 0 Å². The van der Waals surface area contributed by atoms with Gasteiger partial charge < -0.3 is 9.84 Å². The zero-order chi connectivity index (χ0) is 6.85. The Balaban J connectivity index is 2.62. The summed E-state index contributed by atoms with van der Waals surface area (Å²) in [4.78, 5) is 10.5. The second kappa shape index (κ2) is 2.19. The normalized spacial score (nSPS) is 25.8. The molecule has 0 aromatic heterocycles. The molecule has 1 rings (SSSR count). The summed E-state index contributed by atoms with van der Waals surface area (Å²) in [6.07, 6.45) is 1.21. The monoisotopic (exact) mass is 128 g/mol. The summed E-state index contributed by atoms with van der Waals surface area (Å²) in [5, 5.41) is 8.48. The van der Waals surface area contributed by atoms with Gasteiger partial charge in [0.1, 0.15) is 6.10 Å². The highest BCUT2D eigenvalue weighted by molar-refractivity contribution is 5.90. The average Bonchev–Trinajstić information content (AvgIpc) is 2.13. The highest BCUT2D eigenvalue weighted by atomic mass is 16.6. The molecule has 0 aromatic rings. The van der Waals surface area contributed by atoms with Gasteiger partial charge in [-0.05, 0) is 13.0 Å². The van der Waals surface area contributed by atoms with Gasteiger partial charge in [0, 0.05) is 5.57 Å². The standard InChI is InChI=1S/C6H8O3/c1-4-2-5(3-7)9-6(4)8/h2,5,7H,3H2,1H3. The third-order valence-electron chi connectivity index (χ3n) is 1.20. The van der Waals surface area contributed by atoms with Crippen LogP contribution in [0.4, 0.5) is 0 Å². The third kappa shape index (κ3) is 1.10. The molecule has 0 saturated heterocycles. The van der Waals surface area contributed by atoms with E-state index in [1.54, 1.807) is 13.0 Å². The van der Waals surface area contributed by atoms with Crippen LogP contribution in [-0.4, -0.2) is 23.8 Å². The topological polar surface area (TPSA) is 46.5 Å². The van der Waals surface area contributed by atoms with Gasteiger partial charge in [-0.3, -0.25) is 0 Å². The minimum absolute atomic E-state index is 0.122. The van der Waals surface area contributed by atoms with Gasteiger partial charge in [0.15, 0.2) is 0 Å². The first-order chi connectivity index (χ1) is 4.24. The van der Waals surface area contributed by atoms with Crippen LogP contribution < -0.4 is 0 Å². The van der Waals surface area contributed by atoms with Crippen LogP contribution >= 0.6 is 0 Å². The van der Waals surface area contributed by atoms with Crippen molar-refractivity contribution in [3.05, 3.63) is 11.6 Å². The van der Waals surface area contributed by atoms with Gasteiger partial charge in [-0.25, -0.2) is 4.79 Å². The molecule has 1 N–H and O–H groups in total. The van der Waals surface area contributed by atoms with Gasteiger partial charge in [-0.2, -0.15) is 0 Å². The Kier molecular flexibility index (Phi) is 1.53. The fourth-order valence-electron chi connectivity index (χ4n) is 0.701. The Morgan fingerprint density at radius 2 is 2.56 bits per heavy atom. The van der Waals surface area contributed by atoms with E-state index in [2.05, 4.69) is 4.74 Å². The predicted octanol–water partition coefficient (Wildman–Crippen LogP) is -0.150. The summed E-state index contributed by atoms with van der Waals surface area (Å²) in [5.41, 5.74) is 0.578. The Labute approximate surface area is 52.9 Å². The molecule has 0 aliphatic carbocycles. The van der Waals surface area contributed by atoms with Crippen LogP contribution in [0.2, 0.25) is 0 Å². The fourth-order valence-corrected chi connectivity index (χ4v) is 0.701. The first-order valence-corrected chi connectivity index (χ1v) is 2.74. The van der Waals surface area contributed by atoms with Crippen LogP contribution in [0.5, 0.6) is 0 Å². The van der Waals surface area contributed by atoms with E-state index in [-0.39, 0.29) is 12.6 Å². The van der Waals surface area contributed by atoms with Crippen molar-refractivity contribution in [2.45, 2.75) is 13.0 Å². The molecule has 1 atom stereocenters. The number of cyclic esters (lactones) is 1. The number of ether oxygens (including phenoxy) is 1.